The predicted molar refractivity (Wildman–Crippen MR) is 584 cm³/mol. The number of rotatable bonds is 9. The van der Waals surface area contributed by atoms with Crippen molar-refractivity contribution in [2.24, 2.45) is 0 Å². The Morgan fingerprint density at radius 2 is 0.403 bits per heavy atom. The van der Waals surface area contributed by atoms with Gasteiger partial charge in [-0.15, -0.1) is 0 Å². The predicted octanol–water partition coefficient (Wildman–Crippen LogP) is 33.8. The minimum atomic E-state index is -0.718. The van der Waals surface area contributed by atoms with Crippen molar-refractivity contribution < 1.29 is 8.83 Å². The second kappa shape index (κ2) is 31.4. The number of hydrogen-bond donors (Lipinski definition) is 0. The van der Waals surface area contributed by atoms with Crippen molar-refractivity contribution in [3.63, 3.8) is 0 Å². The smallest absolute Gasteiger partial charge is 0.160 e. The molecule has 0 unspecified atom stereocenters. The standard InChI is InChI=1S/C72H44N2O.C66H40N2O/c1-3-20-45(21-4-1)47-24-17-26-49(42-47)65-44-64(46-22-5-2-6-23-46)73-70(74-65)50-27-18-25-48(43-50)51-31-19-38-62-67(51)68-63(41-40-55-54-30-9-16-39-66(54)75-69(55)68)72(62)60-36-14-12-34-58(60)71(59-35-13-15-37-61(59)72)56-32-10-7-28-52(56)53-29-8-11-33-57(53)71;1-3-18-41(19-4-1)42-34-36-43(37-35-42)58-40-59(68-64(67-58)44-20-5-2-6-21-44)49-25-17-32-56-61(49)62-57(39-38-48-47-24-9-16-33-60(47)69-63(48)62)66(56)54-30-14-12-28-52(54)65(53-29-13-15-31-55(53)66)50-26-10-7-22-45(50)46-23-8-11-27-51(46)65/h1-44H;1-40H. The third kappa shape index (κ3) is 11.4. The largest absolute Gasteiger partial charge is 0.455 e. The lowest BCUT2D eigenvalue weighted by Gasteiger charge is -2.48. The van der Waals surface area contributed by atoms with E-state index in [-0.39, 0.29) is 0 Å². The molecule has 0 radical (unpaired) electrons. The summed E-state index contributed by atoms with van der Waals surface area (Å²) in [7, 11) is 0. The fourth-order valence-electron chi connectivity index (χ4n) is 26.3. The van der Waals surface area contributed by atoms with E-state index < -0.39 is 21.7 Å². The Kier molecular flexibility index (Phi) is 17.8. The first-order valence-electron chi connectivity index (χ1n) is 49.7. The van der Waals surface area contributed by atoms with Gasteiger partial charge in [-0.3, -0.25) is 0 Å². The van der Waals surface area contributed by atoms with Crippen LogP contribution in [0.25, 0.3) is 190 Å². The summed E-state index contributed by atoms with van der Waals surface area (Å²) >= 11 is 0. The Hall–Kier alpha value is -18.6. The second-order valence-electron chi connectivity index (χ2n) is 38.9. The van der Waals surface area contributed by atoms with Crippen LogP contribution in [0.5, 0.6) is 0 Å². The maximum atomic E-state index is 7.16. The Labute approximate surface area is 832 Å². The molecule has 4 aromatic heterocycles. The van der Waals surface area contributed by atoms with E-state index in [1.807, 2.05) is 12.1 Å². The second-order valence-corrected chi connectivity index (χ2v) is 38.9. The van der Waals surface area contributed by atoms with E-state index >= 15 is 0 Å². The van der Waals surface area contributed by atoms with Crippen molar-refractivity contribution in [1.29, 1.82) is 0 Å². The molecule has 0 aliphatic heterocycles. The van der Waals surface area contributed by atoms with Crippen LogP contribution in [-0.2, 0) is 21.7 Å². The van der Waals surface area contributed by atoms with Gasteiger partial charge in [0.25, 0.3) is 0 Å². The zero-order chi connectivity index (χ0) is 94.5. The third-order valence-electron chi connectivity index (χ3n) is 32.0. The number of aromatic nitrogens is 4. The molecule has 0 saturated heterocycles. The summed E-state index contributed by atoms with van der Waals surface area (Å²) in [4.78, 5) is 21.6. The Morgan fingerprint density at radius 3 is 0.854 bits per heavy atom. The molecule has 6 aliphatic rings. The molecule has 6 nitrogen and oxygen atoms in total. The van der Waals surface area contributed by atoms with E-state index in [4.69, 9.17) is 28.8 Å². The molecule has 6 heteroatoms. The fourth-order valence-corrected chi connectivity index (χ4v) is 26.3. The van der Waals surface area contributed by atoms with Gasteiger partial charge in [-0.05, 0) is 192 Å². The number of benzene rings is 21. The first-order valence-corrected chi connectivity index (χ1v) is 49.7. The molecular weight excluding hydrogens is 1750 g/mol. The van der Waals surface area contributed by atoms with Crippen molar-refractivity contribution in [2.75, 3.05) is 0 Å². The first-order chi connectivity index (χ1) is 71.4. The van der Waals surface area contributed by atoms with Crippen molar-refractivity contribution in [3.8, 4) is 146 Å². The van der Waals surface area contributed by atoms with Crippen molar-refractivity contribution in [2.45, 2.75) is 21.7 Å². The number of hydrogen-bond acceptors (Lipinski definition) is 6. The molecule has 21 aromatic carbocycles. The van der Waals surface area contributed by atoms with Crippen LogP contribution in [0.1, 0.15) is 89.0 Å². The van der Waals surface area contributed by atoms with E-state index in [2.05, 4.69) is 497 Å². The molecule has 4 heterocycles. The van der Waals surface area contributed by atoms with Gasteiger partial charge in [-0.2, -0.15) is 0 Å². The van der Waals surface area contributed by atoms with Gasteiger partial charge < -0.3 is 8.83 Å². The molecule has 4 spiro atoms. The van der Waals surface area contributed by atoms with Crippen LogP contribution < -0.4 is 0 Å². The van der Waals surface area contributed by atoms with E-state index in [9.17, 15) is 0 Å². The van der Waals surface area contributed by atoms with Crippen LogP contribution in [0.3, 0.4) is 0 Å². The molecule has 0 N–H and O–H groups in total. The summed E-state index contributed by atoms with van der Waals surface area (Å²) < 4.78 is 14.3. The average molecular weight is 1830 g/mol. The molecule has 0 bridgehead atoms. The Bertz CT molecular complexity index is 9480. The zero-order valence-electron chi connectivity index (χ0n) is 78.1. The molecule has 0 atom stereocenters. The summed E-state index contributed by atoms with van der Waals surface area (Å²) in [5.41, 5.74) is 47.6. The Balaban J connectivity index is 0.000000135. The van der Waals surface area contributed by atoms with Gasteiger partial charge in [0, 0.05) is 66.1 Å². The third-order valence-corrected chi connectivity index (χ3v) is 32.0. The average Bonchev–Trinajstić information content (AvgIpc) is 1.48. The zero-order valence-corrected chi connectivity index (χ0v) is 78.1. The maximum Gasteiger partial charge on any atom is 0.160 e. The summed E-state index contributed by atoms with van der Waals surface area (Å²) in [6, 6.07) is 186. The van der Waals surface area contributed by atoms with Crippen LogP contribution in [0.15, 0.2) is 518 Å². The molecule has 0 amide bonds. The molecule has 6 aliphatic carbocycles. The van der Waals surface area contributed by atoms with Gasteiger partial charge in [-0.25, -0.2) is 19.9 Å². The highest BCUT2D eigenvalue weighted by atomic mass is 16.3. The van der Waals surface area contributed by atoms with Gasteiger partial charge in [0.15, 0.2) is 11.6 Å². The van der Waals surface area contributed by atoms with Gasteiger partial charge in [-0.1, -0.05) is 473 Å². The van der Waals surface area contributed by atoms with Crippen molar-refractivity contribution >= 4 is 43.9 Å². The van der Waals surface area contributed by atoms with Crippen LogP contribution in [0.4, 0.5) is 0 Å². The number of fused-ring (bicyclic) bond motifs is 40. The summed E-state index contributed by atoms with van der Waals surface area (Å²) in [6.45, 7) is 0. The molecule has 0 saturated carbocycles. The lowest BCUT2D eigenvalue weighted by molar-refractivity contribution is 0.631. The Morgan fingerprint density at radius 1 is 0.139 bits per heavy atom. The minimum Gasteiger partial charge on any atom is -0.455 e. The highest BCUT2D eigenvalue weighted by molar-refractivity contribution is 6.17. The number of para-hydroxylation sites is 2. The topological polar surface area (TPSA) is 77.8 Å². The van der Waals surface area contributed by atoms with Crippen molar-refractivity contribution in [1.82, 2.24) is 19.9 Å². The molecule has 25 aromatic rings. The van der Waals surface area contributed by atoms with Crippen LogP contribution >= 0.6 is 0 Å². The highest BCUT2D eigenvalue weighted by Crippen LogP contribution is 2.72. The van der Waals surface area contributed by atoms with Crippen LogP contribution in [0, 0.1) is 0 Å². The van der Waals surface area contributed by atoms with Gasteiger partial charge in [0.2, 0.25) is 0 Å². The normalized spacial score (nSPS) is 13.9. The summed E-state index contributed by atoms with van der Waals surface area (Å²) in [5.74, 6) is 1.34. The van der Waals surface area contributed by atoms with E-state index in [1.54, 1.807) is 0 Å². The lowest BCUT2D eigenvalue weighted by Crippen LogP contribution is -2.43. The fraction of sp³-hybridized carbons (Fsp3) is 0.0290. The van der Waals surface area contributed by atoms with Crippen LogP contribution in [0.2, 0.25) is 0 Å². The van der Waals surface area contributed by atoms with Crippen LogP contribution in [-0.4, -0.2) is 19.9 Å². The molecular formula is C138H84N4O2. The molecule has 144 heavy (non-hydrogen) atoms. The first kappa shape index (κ1) is 81.4. The quantitative estimate of drug-likeness (QED) is 0.143. The molecule has 31 rings (SSSR count). The molecule has 668 valence electrons. The maximum absolute atomic E-state index is 7.16. The number of furan rings is 2. The summed E-state index contributed by atoms with van der Waals surface area (Å²) in [6.07, 6.45) is 0. The van der Waals surface area contributed by atoms with E-state index in [1.165, 1.54) is 122 Å². The van der Waals surface area contributed by atoms with Gasteiger partial charge in [0.05, 0.1) is 44.4 Å². The SMILES string of the molecule is c1ccc(-c2ccc(-c3cc(-c4cccc5c4-c4c(ccc6c4oc4ccccc46)C54c5ccccc5C5(c6ccccc6-c6ccccc65)c5ccccc54)nc(-c4ccccc4)n3)cc2)cc1.c1ccc(-c2cccc(-c3cc(-c4ccccc4)nc(-c4cccc(-c5cccc6c5-c5c(ccc7c5oc5ccccc57)C65c6ccccc6C6(c7ccccc7-c7ccccc76)c6ccccc65)c4)n3)c2)cc1. The van der Waals surface area contributed by atoms with E-state index in [0.29, 0.717) is 11.6 Å². The van der Waals surface area contributed by atoms with Gasteiger partial charge >= 0.3 is 0 Å². The monoisotopic (exact) mass is 1830 g/mol. The minimum absolute atomic E-state index is 0.542. The summed E-state index contributed by atoms with van der Waals surface area (Å²) in [5, 5.41) is 4.42. The van der Waals surface area contributed by atoms with E-state index in [0.717, 1.165) is 145 Å². The lowest BCUT2D eigenvalue weighted by atomic mass is 9.52. The van der Waals surface area contributed by atoms with Gasteiger partial charge in [0.1, 0.15) is 22.3 Å². The highest BCUT2D eigenvalue weighted by Gasteiger charge is 2.62. The number of nitrogens with zero attached hydrogens (tertiary/aromatic N) is 4. The van der Waals surface area contributed by atoms with Crippen molar-refractivity contribution in [3.05, 3.63) is 599 Å². The molecule has 0 fully saturated rings.